The van der Waals surface area contributed by atoms with Gasteiger partial charge in [0, 0.05) is 25.0 Å². The van der Waals surface area contributed by atoms with Gasteiger partial charge in [-0.25, -0.2) is 13.8 Å². The number of carbonyl (C=O) groups excluding carboxylic acids is 1. The molecule has 2 heterocycles. The Bertz CT molecular complexity index is 729. The summed E-state index contributed by atoms with van der Waals surface area (Å²) in [4.78, 5) is 16.0. The van der Waals surface area contributed by atoms with Crippen molar-refractivity contribution >= 4 is 11.4 Å². The maximum Gasteiger partial charge on any atom is 0.248 e. The molecule has 0 atom stereocenters. The number of imidazole rings is 1. The second kappa shape index (κ2) is 6.10. The third kappa shape index (κ3) is 3.25. The molecule has 0 aromatic carbocycles. The average Bonchev–Trinajstić information content (AvgIpc) is 2.91. The fraction of sp³-hybridized carbons (Fsp3) is 0.412. The van der Waals surface area contributed by atoms with E-state index in [4.69, 9.17) is 0 Å². The highest BCUT2D eigenvalue weighted by Gasteiger charge is 2.36. The highest BCUT2D eigenvalue weighted by molar-refractivity contribution is 5.86. The zero-order chi connectivity index (χ0) is 16.4. The van der Waals surface area contributed by atoms with Gasteiger partial charge >= 0.3 is 0 Å². The van der Waals surface area contributed by atoms with Crippen LogP contribution in [0.4, 0.5) is 8.78 Å². The van der Waals surface area contributed by atoms with Crippen LogP contribution in [-0.2, 0) is 11.3 Å². The molecule has 2 aromatic heterocycles. The lowest BCUT2D eigenvalue weighted by Crippen LogP contribution is -2.24. The van der Waals surface area contributed by atoms with Crippen molar-refractivity contribution in [3.05, 3.63) is 48.6 Å². The molecule has 0 spiro atoms. The number of fused-ring (bicyclic) bond motifs is 1. The Morgan fingerprint density at radius 2 is 2.17 bits per heavy atom. The molecule has 122 valence electrons. The van der Waals surface area contributed by atoms with E-state index in [-0.39, 0.29) is 31.2 Å². The topological polar surface area (TPSA) is 46.4 Å². The fourth-order valence-electron chi connectivity index (χ4n) is 3.10. The molecule has 0 saturated heterocycles. The van der Waals surface area contributed by atoms with Crippen molar-refractivity contribution in [2.24, 2.45) is 0 Å². The molecule has 23 heavy (non-hydrogen) atoms. The van der Waals surface area contributed by atoms with Crippen LogP contribution < -0.4 is 5.32 Å². The summed E-state index contributed by atoms with van der Waals surface area (Å²) in [6.07, 6.45) is 3.77. The lowest BCUT2D eigenvalue weighted by atomic mass is 9.84. The van der Waals surface area contributed by atoms with Gasteiger partial charge < -0.3 is 9.72 Å². The molecule has 0 unspecified atom stereocenters. The fourth-order valence-corrected chi connectivity index (χ4v) is 3.10. The summed E-state index contributed by atoms with van der Waals surface area (Å²) >= 11 is 0. The quantitative estimate of drug-likeness (QED) is 0.878. The normalized spacial score (nSPS) is 18.0. The first kappa shape index (κ1) is 15.6. The van der Waals surface area contributed by atoms with Crippen LogP contribution in [0.2, 0.25) is 0 Å². The second-order valence-corrected chi connectivity index (χ2v) is 5.92. The van der Waals surface area contributed by atoms with E-state index in [0.29, 0.717) is 18.7 Å². The Kier molecular flexibility index (Phi) is 4.15. The molecular formula is C17H19F2N3O. The van der Waals surface area contributed by atoms with Crippen molar-refractivity contribution < 1.29 is 13.6 Å². The van der Waals surface area contributed by atoms with E-state index in [2.05, 4.69) is 16.9 Å². The molecule has 6 heteroatoms. The smallest absolute Gasteiger partial charge is 0.248 e. The number of aromatic nitrogens is 2. The zero-order valence-corrected chi connectivity index (χ0v) is 12.8. The Balaban J connectivity index is 1.89. The standard InChI is InChI=1S/C17H19F2N3O/c1-2-15(23)20-11-14-21-16(13-5-3-4-10-22(13)14)12-6-8-17(18,19)9-7-12/h2-5,10,12H,1,6-9,11H2,(H,20,23). The van der Waals surface area contributed by atoms with Crippen molar-refractivity contribution in [1.29, 1.82) is 0 Å². The first-order chi connectivity index (χ1) is 11.0. The van der Waals surface area contributed by atoms with E-state index in [1.807, 2.05) is 28.8 Å². The highest BCUT2D eigenvalue weighted by Crippen LogP contribution is 2.41. The molecule has 1 aliphatic carbocycles. The Hall–Kier alpha value is -2.24. The minimum absolute atomic E-state index is 0.0379. The molecule has 3 rings (SSSR count). The summed E-state index contributed by atoms with van der Waals surface area (Å²) in [6, 6.07) is 5.73. The number of carbonyl (C=O) groups is 1. The van der Waals surface area contributed by atoms with Gasteiger partial charge in [-0.2, -0.15) is 0 Å². The minimum Gasteiger partial charge on any atom is -0.345 e. The van der Waals surface area contributed by atoms with Gasteiger partial charge in [0.1, 0.15) is 5.82 Å². The molecule has 1 aliphatic rings. The van der Waals surface area contributed by atoms with E-state index >= 15 is 0 Å². The number of rotatable bonds is 4. The van der Waals surface area contributed by atoms with Crippen LogP contribution >= 0.6 is 0 Å². The van der Waals surface area contributed by atoms with Crippen molar-refractivity contribution in [2.75, 3.05) is 0 Å². The molecule has 0 bridgehead atoms. The van der Waals surface area contributed by atoms with Gasteiger partial charge in [-0.1, -0.05) is 12.6 Å². The number of hydrogen-bond acceptors (Lipinski definition) is 2. The minimum atomic E-state index is -2.55. The summed E-state index contributed by atoms with van der Waals surface area (Å²) in [6.45, 7) is 3.69. The number of pyridine rings is 1. The molecule has 1 N–H and O–H groups in total. The number of nitrogens with zero attached hydrogens (tertiary/aromatic N) is 2. The Morgan fingerprint density at radius 3 is 2.87 bits per heavy atom. The summed E-state index contributed by atoms with van der Waals surface area (Å²) in [5.74, 6) is -2.08. The van der Waals surface area contributed by atoms with Gasteiger partial charge in [0.15, 0.2) is 0 Å². The second-order valence-electron chi connectivity index (χ2n) is 5.92. The molecule has 2 aromatic rings. The van der Waals surface area contributed by atoms with Crippen LogP contribution in [-0.4, -0.2) is 21.2 Å². The third-order valence-electron chi connectivity index (χ3n) is 4.36. The van der Waals surface area contributed by atoms with E-state index in [0.717, 1.165) is 11.2 Å². The first-order valence-corrected chi connectivity index (χ1v) is 7.74. The number of hydrogen-bond donors (Lipinski definition) is 1. The van der Waals surface area contributed by atoms with Crippen LogP contribution in [0.25, 0.3) is 5.52 Å². The van der Waals surface area contributed by atoms with Gasteiger partial charge in [-0.3, -0.25) is 4.79 Å². The predicted molar refractivity (Wildman–Crippen MR) is 83.4 cm³/mol. The monoisotopic (exact) mass is 319 g/mol. The predicted octanol–water partition coefficient (Wildman–Crippen LogP) is 3.43. The van der Waals surface area contributed by atoms with E-state index in [1.165, 1.54) is 6.08 Å². The average molecular weight is 319 g/mol. The van der Waals surface area contributed by atoms with Gasteiger partial charge in [0.05, 0.1) is 17.8 Å². The lowest BCUT2D eigenvalue weighted by Gasteiger charge is -2.27. The largest absolute Gasteiger partial charge is 0.345 e. The van der Waals surface area contributed by atoms with E-state index < -0.39 is 5.92 Å². The molecule has 1 fully saturated rings. The third-order valence-corrected chi connectivity index (χ3v) is 4.36. The lowest BCUT2D eigenvalue weighted by molar-refractivity contribution is -0.116. The van der Waals surface area contributed by atoms with E-state index in [9.17, 15) is 13.6 Å². The molecular weight excluding hydrogens is 300 g/mol. The molecule has 0 aliphatic heterocycles. The molecule has 1 amide bonds. The Labute approximate surface area is 133 Å². The van der Waals surface area contributed by atoms with E-state index in [1.54, 1.807) is 0 Å². The Morgan fingerprint density at radius 1 is 1.43 bits per heavy atom. The SMILES string of the molecule is C=CC(=O)NCc1nc(C2CCC(F)(F)CC2)c2ccccn12. The van der Waals surface area contributed by atoms with Crippen LogP contribution in [0, 0.1) is 0 Å². The molecule has 4 nitrogen and oxygen atoms in total. The summed E-state index contributed by atoms with van der Waals surface area (Å²) in [5.41, 5.74) is 1.77. The number of amides is 1. The summed E-state index contributed by atoms with van der Waals surface area (Å²) in [7, 11) is 0. The zero-order valence-electron chi connectivity index (χ0n) is 12.8. The van der Waals surface area contributed by atoms with Crippen LogP contribution in [0.3, 0.4) is 0 Å². The van der Waals surface area contributed by atoms with Gasteiger partial charge in [-0.05, 0) is 31.1 Å². The number of alkyl halides is 2. The molecule has 0 radical (unpaired) electrons. The van der Waals surface area contributed by atoms with Crippen molar-refractivity contribution in [3.63, 3.8) is 0 Å². The first-order valence-electron chi connectivity index (χ1n) is 7.74. The van der Waals surface area contributed by atoms with Gasteiger partial charge in [0.25, 0.3) is 0 Å². The molecule has 1 saturated carbocycles. The highest BCUT2D eigenvalue weighted by atomic mass is 19.3. The summed E-state index contributed by atoms with van der Waals surface area (Å²) < 4.78 is 28.7. The van der Waals surface area contributed by atoms with Crippen molar-refractivity contribution in [1.82, 2.24) is 14.7 Å². The van der Waals surface area contributed by atoms with Crippen molar-refractivity contribution in [2.45, 2.75) is 44.1 Å². The van der Waals surface area contributed by atoms with Crippen molar-refractivity contribution in [3.8, 4) is 0 Å². The maximum absolute atomic E-state index is 13.4. The number of nitrogens with one attached hydrogen (secondary N) is 1. The maximum atomic E-state index is 13.4. The van der Waals surface area contributed by atoms with Gasteiger partial charge in [-0.15, -0.1) is 0 Å². The number of halogens is 2. The van der Waals surface area contributed by atoms with Crippen LogP contribution in [0.15, 0.2) is 37.1 Å². The van der Waals surface area contributed by atoms with Gasteiger partial charge in [0.2, 0.25) is 11.8 Å². The van der Waals surface area contributed by atoms with Crippen LogP contribution in [0.1, 0.15) is 43.1 Å². The summed E-state index contributed by atoms with van der Waals surface area (Å²) in [5, 5.41) is 2.71. The van der Waals surface area contributed by atoms with Crippen LogP contribution in [0.5, 0.6) is 0 Å².